The lowest BCUT2D eigenvalue weighted by Gasteiger charge is -2.33. The van der Waals surface area contributed by atoms with Crippen molar-refractivity contribution in [3.8, 4) is 0 Å². The number of amides is 1. The summed E-state index contributed by atoms with van der Waals surface area (Å²) in [6.45, 7) is 7.32. The van der Waals surface area contributed by atoms with Crippen LogP contribution in [0.3, 0.4) is 0 Å². The maximum atomic E-state index is 12.5. The second kappa shape index (κ2) is 8.18. The topological polar surface area (TPSA) is 32.3 Å². The standard InChI is InChI=1S/C18H28N2O/c1-15(2)20(14-17-9-6-12-19-13-17)18(21)11-10-16-7-4-3-5-8-16/h3-5,7-8,15,17,19H,6,9-14H2,1-2H3. The lowest BCUT2D eigenvalue weighted by Crippen LogP contribution is -2.44. The smallest absolute Gasteiger partial charge is 0.223 e. The van der Waals surface area contributed by atoms with E-state index in [1.807, 2.05) is 18.2 Å². The van der Waals surface area contributed by atoms with Gasteiger partial charge in [-0.05, 0) is 57.7 Å². The molecule has 3 heteroatoms. The highest BCUT2D eigenvalue weighted by atomic mass is 16.2. The van der Waals surface area contributed by atoms with Gasteiger partial charge in [0.2, 0.25) is 5.91 Å². The Kier molecular flexibility index (Phi) is 6.24. The summed E-state index contributed by atoms with van der Waals surface area (Å²) < 4.78 is 0. The average Bonchev–Trinajstić information content (AvgIpc) is 2.52. The summed E-state index contributed by atoms with van der Waals surface area (Å²) in [5.74, 6) is 0.904. The van der Waals surface area contributed by atoms with E-state index in [2.05, 4.69) is 36.2 Å². The number of hydrogen-bond donors (Lipinski definition) is 1. The minimum absolute atomic E-state index is 0.287. The molecular formula is C18H28N2O. The third kappa shape index (κ3) is 5.16. The normalized spacial score (nSPS) is 18.7. The second-order valence-corrected chi connectivity index (χ2v) is 6.34. The molecule has 1 saturated heterocycles. The van der Waals surface area contributed by atoms with E-state index in [0.29, 0.717) is 18.2 Å². The zero-order valence-electron chi connectivity index (χ0n) is 13.3. The molecule has 1 aromatic carbocycles. The summed E-state index contributed by atoms with van der Waals surface area (Å²) in [7, 11) is 0. The summed E-state index contributed by atoms with van der Waals surface area (Å²) >= 11 is 0. The van der Waals surface area contributed by atoms with Crippen molar-refractivity contribution in [2.24, 2.45) is 5.92 Å². The van der Waals surface area contributed by atoms with Gasteiger partial charge in [0.15, 0.2) is 0 Å². The van der Waals surface area contributed by atoms with Crippen molar-refractivity contribution < 1.29 is 4.79 Å². The zero-order chi connectivity index (χ0) is 15.1. The molecule has 0 aliphatic carbocycles. The Morgan fingerprint density at radius 1 is 1.33 bits per heavy atom. The molecule has 1 aliphatic rings. The minimum atomic E-state index is 0.287. The third-order valence-electron chi connectivity index (χ3n) is 4.27. The predicted octanol–water partition coefficient (Wildman–Crippen LogP) is 2.86. The van der Waals surface area contributed by atoms with Crippen molar-refractivity contribution in [2.45, 2.75) is 45.6 Å². The lowest BCUT2D eigenvalue weighted by atomic mass is 9.98. The number of nitrogens with one attached hydrogen (secondary N) is 1. The van der Waals surface area contributed by atoms with Gasteiger partial charge in [0.1, 0.15) is 0 Å². The van der Waals surface area contributed by atoms with Crippen molar-refractivity contribution in [3.05, 3.63) is 35.9 Å². The van der Waals surface area contributed by atoms with Gasteiger partial charge in [-0.15, -0.1) is 0 Å². The first-order valence-electron chi connectivity index (χ1n) is 8.21. The van der Waals surface area contributed by atoms with Crippen LogP contribution >= 0.6 is 0 Å². The van der Waals surface area contributed by atoms with Gasteiger partial charge in [-0.1, -0.05) is 30.3 Å². The van der Waals surface area contributed by atoms with E-state index in [9.17, 15) is 4.79 Å². The number of rotatable bonds is 6. The molecule has 2 rings (SSSR count). The highest BCUT2D eigenvalue weighted by Crippen LogP contribution is 2.15. The molecule has 1 aliphatic heterocycles. The van der Waals surface area contributed by atoms with Gasteiger partial charge < -0.3 is 10.2 Å². The van der Waals surface area contributed by atoms with Crippen molar-refractivity contribution >= 4 is 5.91 Å². The fourth-order valence-electron chi connectivity index (χ4n) is 3.00. The first-order chi connectivity index (χ1) is 10.2. The molecule has 0 aromatic heterocycles. The summed E-state index contributed by atoms with van der Waals surface area (Å²) in [4.78, 5) is 14.6. The SMILES string of the molecule is CC(C)N(CC1CCCNC1)C(=O)CCc1ccccc1. The number of carbonyl (C=O) groups is 1. The predicted molar refractivity (Wildman–Crippen MR) is 87.2 cm³/mol. The molecule has 1 atom stereocenters. The number of carbonyl (C=O) groups excluding carboxylic acids is 1. The second-order valence-electron chi connectivity index (χ2n) is 6.34. The van der Waals surface area contributed by atoms with Crippen molar-refractivity contribution in [1.82, 2.24) is 10.2 Å². The van der Waals surface area contributed by atoms with Gasteiger partial charge in [-0.25, -0.2) is 0 Å². The number of piperidine rings is 1. The first kappa shape index (κ1) is 16.0. The van der Waals surface area contributed by atoms with Gasteiger partial charge in [0.05, 0.1) is 0 Å². The van der Waals surface area contributed by atoms with Crippen LogP contribution in [0.25, 0.3) is 0 Å². The van der Waals surface area contributed by atoms with Crippen LogP contribution in [0.4, 0.5) is 0 Å². The van der Waals surface area contributed by atoms with Crippen LogP contribution in [0.2, 0.25) is 0 Å². The van der Waals surface area contributed by atoms with Crippen LogP contribution < -0.4 is 5.32 Å². The number of benzene rings is 1. The van der Waals surface area contributed by atoms with Crippen LogP contribution in [0.15, 0.2) is 30.3 Å². The Bertz CT molecular complexity index is 424. The fraction of sp³-hybridized carbons (Fsp3) is 0.611. The summed E-state index contributed by atoms with van der Waals surface area (Å²) in [5.41, 5.74) is 1.24. The molecule has 0 bridgehead atoms. The Labute approximate surface area is 128 Å². The zero-order valence-corrected chi connectivity index (χ0v) is 13.3. The number of hydrogen-bond acceptors (Lipinski definition) is 2. The molecule has 0 radical (unpaired) electrons. The molecule has 0 saturated carbocycles. The van der Waals surface area contributed by atoms with Crippen molar-refractivity contribution in [1.29, 1.82) is 0 Å². The van der Waals surface area contributed by atoms with Crippen LogP contribution in [0.1, 0.15) is 38.7 Å². The quantitative estimate of drug-likeness (QED) is 0.873. The van der Waals surface area contributed by atoms with E-state index in [0.717, 1.165) is 26.1 Å². The van der Waals surface area contributed by atoms with Crippen LogP contribution in [0, 0.1) is 5.92 Å². The number of aryl methyl sites for hydroxylation is 1. The molecule has 3 nitrogen and oxygen atoms in total. The maximum absolute atomic E-state index is 12.5. The van der Waals surface area contributed by atoms with Gasteiger partial charge in [-0.2, -0.15) is 0 Å². The lowest BCUT2D eigenvalue weighted by molar-refractivity contribution is -0.133. The van der Waals surface area contributed by atoms with E-state index >= 15 is 0 Å². The summed E-state index contributed by atoms with van der Waals surface area (Å²) in [5, 5.41) is 3.44. The third-order valence-corrected chi connectivity index (χ3v) is 4.27. The van der Waals surface area contributed by atoms with Crippen molar-refractivity contribution in [2.75, 3.05) is 19.6 Å². The molecule has 1 N–H and O–H groups in total. The molecule has 116 valence electrons. The summed E-state index contributed by atoms with van der Waals surface area (Å²) in [6, 6.07) is 10.6. The van der Waals surface area contributed by atoms with Gasteiger partial charge in [0.25, 0.3) is 0 Å². The van der Waals surface area contributed by atoms with E-state index < -0.39 is 0 Å². The summed E-state index contributed by atoms with van der Waals surface area (Å²) in [6.07, 6.45) is 3.92. The van der Waals surface area contributed by atoms with Gasteiger partial charge in [-0.3, -0.25) is 4.79 Å². The highest BCUT2D eigenvalue weighted by Gasteiger charge is 2.22. The van der Waals surface area contributed by atoms with Crippen LogP contribution in [-0.2, 0) is 11.2 Å². The molecule has 1 fully saturated rings. The van der Waals surface area contributed by atoms with Crippen molar-refractivity contribution in [3.63, 3.8) is 0 Å². The first-order valence-corrected chi connectivity index (χ1v) is 8.21. The van der Waals surface area contributed by atoms with Crippen LogP contribution in [-0.4, -0.2) is 36.5 Å². The minimum Gasteiger partial charge on any atom is -0.340 e. The Hall–Kier alpha value is -1.35. The van der Waals surface area contributed by atoms with Gasteiger partial charge in [0, 0.05) is 19.0 Å². The Morgan fingerprint density at radius 3 is 2.71 bits per heavy atom. The largest absolute Gasteiger partial charge is 0.340 e. The number of nitrogens with zero attached hydrogens (tertiary/aromatic N) is 1. The molecule has 1 aromatic rings. The molecule has 1 heterocycles. The highest BCUT2D eigenvalue weighted by molar-refractivity contribution is 5.76. The van der Waals surface area contributed by atoms with Crippen LogP contribution in [0.5, 0.6) is 0 Å². The fourth-order valence-corrected chi connectivity index (χ4v) is 3.00. The van der Waals surface area contributed by atoms with E-state index in [1.54, 1.807) is 0 Å². The molecular weight excluding hydrogens is 260 g/mol. The van der Waals surface area contributed by atoms with E-state index in [-0.39, 0.29) is 6.04 Å². The average molecular weight is 288 g/mol. The maximum Gasteiger partial charge on any atom is 0.223 e. The molecule has 1 amide bonds. The Balaban J connectivity index is 1.86. The Morgan fingerprint density at radius 2 is 2.10 bits per heavy atom. The molecule has 21 heavy (non-hydrogen) atoms. The molecule has 1 unspecified atom stereocenters. The van der Waals surface area contributed by atoms with E-state index in [1.165, 1.54) is 18.4 Å². The van der Waals surface area contributed by atoms with Gasteiger partial charge >= 0.3 is 0 Å². The monoisotopic (exact) mass is 288 g/mol. The van der Waals surface area contributed by atoms with E-state index in [4.69, 9.17) is 0 Å². The molecule has 0 spiro atoms.